The molecule has 18 heavy (non-hydrogen) atoms. The predicted molar refractivity (Wildman–Crippen MR) is 73.3 cm³/mol. The number of piperazine rings is 1. The van der Waals surface area contributed by atoms with Gasteiger partial charge in [0.25, 0.3) is 0 Å². The van der Waals surface area contributed by atoms with Crippen molar-refractivity contribution in [3.8, 4) is 6.07 Å². The predicted octanol–water partition coefficient (Wildman–Crippen LogP) is 1.76. The van der Waals surface area contributed by atoms with Crippen molar-refractivity contribution in [2.45, 2.75) is 12.8 Å². The molecule has 1 aromatic carbocycles. The van der Waals surface area contributed by atoms with Gasteiger partial charge in [0, 0.05) is 26.2 Å². The van der Waals surface area contributed by atoms with E-state index >= 15 is 0 Å². The first-order valence-electron chi connectivity index (χ1n) is 6.74. The molecule has 1 aromatic rings. The van der Waals surface area contributed by atoms with Crippen LogP contribution >= 0.6 is 0 Å². The Bertz CT molecular complexity index is 374. The van der Waals surface area contributed by atoms with Crippen LogP contribution < -0.4 is 0 Å². The van der Waals surface area contributed by atoms with Gasteiger partial charge in [0.1, 0.15) is 0 Å². The third kappa shape index (κ3) is 4.14. The first-order chi connectivity index (χ1) is 8.88. The normalized spacial score (nSPS) is 17.5. The Hall–Kier alpha value is -1.37. The molecule has 2 rings (SSSR count). The highest BCUT2D eigenvalue weighted by atomic mass is 15.3. The van der Waals surface area contributed by atoms with E-state index in [-0.39, 0.29) is 0 Å². The summed E-state index contributed by atoms with van der Waals surface area (Å²) >= 11 is 0. The lowest BCUT2D eigenvalue weighted by Gasteiger charge is -2.33. The molecule has 0 N–H and O–H groups in total. The van der Waals surface area contributed by atoms with Crippen molar-refractivity contribution < 1.29 is 0 Å². The smallest absolute Gasteiger partial charge is 0.0866 e. The fourth-order valence-electron chi connectivity index (χ4n) is 2.42. The molecule has 0 aliphatic carbocycles. The van der Waals surface area contributed by atoms with Crippen LogP contribution in [0.15, 0.2) is 30.3 Å². The second kappa shape index (κ2) is 7.15. The topological polar surface area (TPSA) is 30.3 Å². The van der Waals surface area contributed by atoms with Gasteiger partial charge in [-0.25, -0.2) is 0 Å². The lowest BCUT2D eigenvalue weighted by Crippen LogP contribution is -2.46. The molecular formula is C15H21N3. The third-order valence-electron chi connectivity index (χ3n) is 3.54. The summed E-state index contributed by atoms with van der Waals surface area (Å²) in [6, 6.07) is 12.9. The Morgan fingerprint density at radius 2 is 1.67 bits per heavy atom. The van der Waals surface area contributed by atoms with E-state index in [1.54, 1.807) is 0 Å². The molecule has 0 amide bonds. The van der Waals surface area contributed by atoms with Gasteiger partial charge in [0.2, 0.25) is 0 Å². The molecule has 0 radical (unpaired) electrons. The van der Waals surface area contributed by atoms with Crippen LogP contribution in [0, 0.1) is 11.3 Å². The SMILES string of the molecule is N#CCN1CCN(CCCc2ccccc2)CC1. The summed E-state index contributed by atoms with van der Waals surface area (Å²) in [5.41, 5.74) is 1.43. The highest BCUT2D eigenvalue weighted by molar-refractivity contribution is 5.14. The Morgan fingerprint density at radius 1 is 1.00 bits per heavy atom. The zero-order valence-electron chi connectivity index (χ0n) is 10.9. The van der Waals surface area contributed by atoms with Crippen molar-refractivity contribution in [1.82, 2.24) is 9.80 Å². The summed E-state index contributed by atoms with van der Waals surface area (Å²) in [4.78, 5) is 4.74. The molecule has 0 saturated carbocycles. The van der Waals surface area contributed by atoms with E-state index in [4.69, 9.17) is 5.26 Å². The van der Waals surface area contributed by atoms with Gasteiger partial charge in [-0.3, -0.25) is 4.90 Å². The summed E-state index contributed by atoms with van der Waals surface area (Å²) in [6.45, 7) is 6.05. The second-order valence-electron chi connectivity index (χ2n) is 4.87. The maximum atomic E-state index is 8.65. The molecule has 96 valence electrons. The van der Waals surface area contributed by atoms with Gasteiger partial charge in [-0.05, 0) is 24.9 Å². The van der Waals surface area contributed by atoms with E-state index in [2.05, 4.69) is 46.2 Å². The van der Waals surface area contributed by atoms with E-state index in [0.717, 1.165) is 26.2 Å². The number of nitriles is 1. The lowest BCUT2D eigenvalue weighted by molar-refractivity contribution is 0.143. The fraction of sp³-hybridized carbons (Fsp3) is 0.533. The van der Waals surface area contributed by atoms with Gasteiger partial charge >= 0.3 is 0 Å². The molecule has 3 nitrogen and oxygen atoms in total. The van der Waals surface area contributed by atoms with E-state index in [1.165, 1.54) is 24.9 Å². The van der Waals surface area contributed by atoms with E-state index in [0.29, 0.717) is 6.54 Å². The fourth-order valence-corrected chi connectivity index (χ4v) is 2.42. The molecule has 1 aliphatic rings. The zero-order valence-corrected chi connectivity index (χ0v) is 10.9. The van der Waals surface area contributed by atoms with Crippen LogP contribution in [0.1, 0.15) is 12.0 Å². The molecule has 1 heterocycles. The number of benzene rings is 1. The molecule has 3 heteroatoms. The minimum atomic E-state index is 0.581. The minimum Gasteiger partial charge on any atom is -0.301 e. The molecular weight excluding hydrogens is 222 g/mol. The second-order valence-corrected chi connectivity index (χ2v) is 4.87. The monoisotopic (exact) mass is 243 g/mol. The maximum Gasteiger partial charge on any atom is 0.0866 e. The molecule has 0 atom stereocenters. The number of hydrogen-bond acceptors (Lipinski definition) is 3. The van der Waals surface area contributed by atoms with E-state index in [9.17, 15) is 0 Å². The maximum absolute atomic E-state index is 8.65. The number of nitrogens with zero attached hydrogens (tertiary/aromatic N) is 3. The Kier molecular flexibility index (Phi) is 5.19. The quantitative estimate of drug-likeness (QED) is 0.738. The Morgan fingerprint density at radius 3 is 2.33 bits per heavy atom. The van der Waals surface area contributed by atoms with Crippen molar-refractivity contribution in [3.63, 3.8) is 0 Å². The average molecular weight is 243 g/mol. The van der Waals surface area contributed by atoms with Gasteiger partial charge in [-0.15, -0.1) is 0 Å². The van der Waals surface area contributed by atoms with Crippen molar-refractivity contribution in [1.29, 1.82) is 5.26 Å². The highest BCUT2D eigenvalue weighted by Crippen LogP contribution is 2.06. The molecule has 1 aliphatic heterocycles. The molecule has 1 saturated heterocycles. The van der Waals surface area contributed by atoms with Gasteiger partial charge in [-0.1, -0.05) is 30.3 Å². The summed E-state index contributed by atoms with van der Waals surface area (Å²) in [5.74, 6) is 0. The van der Waals surface area contributed by atoms with Crippen molar-refractivity contribution in [3.05, 3.63) is 35.9 Å². The standard InChI is InChI=1S/C15H21N3/c16-8-10-18-13-11-17(12-14-18)9-4-7-15-5-2-1-3-6-15/h1-3,5-6H,4,7,9-14H2. The lowest BCUT2D eigenvalue weighted by atomic mass is 10.1. The van der Waals surface area contributed by atoms with Crippen molar-refractivity contribution >= 4 is 0 Å². The first-order valence-corrected chi connectivity index (χ1v) is 6.74. The first kappa shape index (κ1) is 13.1. The van der Waals surface area contributed by atoms with Crippen LogP contribution in [0.2, 0.25) is 0 Å². The van der Waals surface area contributed by atoms with Gasteiger partial charge in [0.15, 0.2) is 0 Å². The van der Waals surface area contributed by atoms with Crippen LogP contribution in [0.3, 0.4) is 0 Å². The summed E-state index contributed by atoms with van der Waals surface area (Å²) < 4.78 is 0. The van der Waals surface area contributed by atoms with E-state index in [1.807, 2.05) is 0 Å². The Balaban J connectivity index is 1.63. The number of rotatable bonds is 5. The molecule has 0 bridgehead atoms. The summed E-state index contributed by atoms with van der Waals surface area (Å²) in [7, 11) is 0. The molecule has 1 fully saturated rings. The highest BCUT2D eigenvalue weighted by Gasteiger charge is 2.15. The van der Waals surface area contributed by atoms with Crippen LogP contribution in [-0.2, 0) is 6.42 Å². The Labute approximate surface area is 110 Å². The van der Waals surface area contributed by atoms with E-state index < -0.39 is 0 Å². The summed E-state index contributed by atoms with van der Waals surface area (Å²) in [5, 5.41) is 8.65. The third-order valence-corrected chi connectivity index (χ3v) is 3.54. The average Bonchev–Trinajstić information content (AvgIpc) is 2.42. The summed E-state index contributed by atoms with van der Waals surface area (Å²) in [6.07, 6.45) is 2.39. The van der Waals surface area contributed by atoms with Crippen LogP contribution in [0.25, 0.3) is 0 Å². The van der Waals surface area contributed by atoms with Crippen molar-refractivity contribution in [2.75, 3.05) is 39.3 Å². The van der Waals surface area contributed by atoms with Crippen molar-refractivity contribution in [2.24, 2.45) is 0 Å². The van der Waals surface area contributed by atoms with Crippen LogP contribution in [-0.4, -0.2) is 49.1 Å². The zero-order chi connectivity index (χ0) is 12.6. The molecule has 0 spiro atoms. The number of aryl methyl sites for hydroxylation is 1. The molecule has 0 aromatic heterocycles. The van der Waals surface area contributed by atoms with Crippen LogP contribution in [0.4, 0.5) is 0 Å². The van der Waals surface area contributed by atoms with Gasteiger partial charge in [-0.2, -0.15) is 5.26 Å². The minimum absolute atomic E-state index is 0.581. The largest absolute Gasteiger partial charge is 0.301 e. The van der Waals surface area contributed by atoms with Crippen LogP contribution in [0.5, 0.6) is 0 Å². The van der Waals surface area contributed by atoms with Gasteiger partial charge in [0.05, 0.1) is 12.6 Å². The van der Waals surface area contributed by atoms with Gasteiger partial charge < -0.3 is 4.90 Å². The molecule has 0 unspecified atom stereocenters. The number of hydrogen-bond donors (Lipinski definition) is 0.